The lowest BCUT2D eigenvalue weighted by molar-refractivity contribution is 0.0844. The summed E-state index contributed by atoms with van der Waals surface area (Å²) in [5, 5.41) is 4.36. The Hall–Kier alpha value is -0.650. The molecule has 2 atom stereocenters. The molecule has 0 spiro atoms. The molecule has 0 aromatic carbocycles. The van der Waals surface area contributed by atoms with Crippen LogP contribution in [0.2, 0.25) is 0 Å². The zero-order valence-corrected chi connectivity index (χ0v) is 11.9. The Balaban J connectivity index is 1.62. The van der Waals surface area contributed by atoms with Crippen LogP contribution in [0.15, 0.2) is 17.6 Å². The van der Waals surface area contributed by atoms with Crippen LogP contribution in [-0.4, -0.2) is 41.0 Å². The van der Waals surface area contributed by atoms with Gasteiger partial charge in [0.2, 0.25) is 0 Å². The summed E-state index contributed by atoms with van der Waals surface area (Å²) >= 11 is 1.69. The summed E-state index contributed by atoms with van der Waals surface area (Å²) < 4.78 is 5.65. The highest BCUT2D eigenvalue weighted by atomic mass is 32.2. The first-order chi connectivity index (χ1) is 8.75. The second kappa shape index (κ2) is 7.07. The molecule has 2 unspecified atom stereocenters. The van der Waals surface area contributed by atoms with Crippen LogP contribution in [-0.2, 0) is 4.74 Å². The van der Waals surface area contributed by atoms with E-state index in [1.54, 1.807) is 11.8 Å². The van der Waals surface area contributed by atoms with Gasteiger partial charge in [-0.2, -0.15) is 0 Å². The van der Waals surface area contributed by atoms with E-state index in [1.807, 2.05) is 19.3 Å². The van der Waals surface area contributed by atoms with Crippen LogP contribution in [0, 0.1) is 6.92 Å². The van der Waals surface area contributed by atoms with Crippen molar-refractivity contribution in [2.75, 3.05) is 18.9 Å². The fraction of sp³-hybridized carbons (Fsp3) is 0.692. The Morgan fingerprint density at radius 1 is 1.50 bits per heavy atom. The molecule has 0 bridgehead atoms. The molecule has 0 amide bonds. The molecule has 1 N–H and O–H groups in total. The van der Waals surface area contributed by atoms with Crippen molar-refractivity contribution < 1.29 is 4.74 Å². The van der Waals surface area contributed by atoms with Gasteiger partial charge < -0.3 is 10.1 Å². The predicted octanol–water partition coefficient (Wildman–Crippen LogP) is 2.03. The third-order valence-electron chi connectivity index (χ3n) is 3.08. The van der Waals surface area contributed by atoms with Gasteiger partial charge in [-0.25, -0.2) is 9.97 Å². The van der Waals surface area contributed by atoms with Crippen molar-refractivity contribution in [2.24, 2.45) is 0 Å². The Bertz CT molecular complexity index is 352. The zero-order valence-electron chi connectivity index (χ0n) is 11.1. The van der Waals surface area contributed by atoms with Gasteiger partial charge in [0, 0.05) is 37.3 Å². The highest BCUT2D eigenvalue weighted by Gasteiger charge is 2.21. The van der Waals surface area contributed by atoms with E-state index in [0.717, 1.165) is 29.6 Å². The second-order valence-electron chi connectivity index (χ2n) is 4.69. The summed E-state index contributed by atoms with van der Waals surface area (Å²) in [5.41, 5.74) is 1.10. The Labute approximate surface area is 113 Å². The van der Waals surface area contributed by atoms with Gasteiger partial charge in [0.05, 0.1) is 6.10 Å². The van der Waals surface area contributed by atoms with Gasteiger partial charge in [-0.3, -0.25) is 0 Å². The number of hydrogen-bond donors (Lipinski definition) is 1. The number of nitrogens with zero attached hydrogens (tertiary/aromatic N) is 2. The van der Waals surface area contributed by atoms with Gasteiger partial charge in [0.25, 0.3) is 0 Å². The summed E-state index contributed by atoms with van der Waals surface area (Å²) in [4.78, 5) is 8.54. The standard InChI is InChI=1S/C13H21N3OS/c1-10-8-15-13(16-9-10)18-7-5-14-11(2)12-4-3-6-17-12/h8-9,11-12,14H,3-7H2,1-2H3. The molecular formula is C13H21N3OS. The lowest BCUT2D eigenvalue weighted by Crippen LogP contribution is -2.38. The molecule has 1 aromatic heterocycles. The highest BCUT2D eigenvalue weighted by Crippen LogP contribution is 2.16. The van der Waals surface area contributed by atoms with Crippen molar-refractivity contribution >= 4 is 11.8 Å². The molecule has 1 saturated heterocycles. The van der Waals surface area contributed by atoms with Crippen LogP contribution in [0.5, 0.6) is 0 Å². The number of ether oxygens (including phenoxy) is 1. The number of aryl methyl sites for hydroxylation is 1. The van der Waals surface area contributed by atoms with Crippen LogP contribution in [0.4, 0.5) is 0 Å². The fourth-order valence-corrected chi connectivity index (χ4v) is 2.67. The van der Waals surface area contributed by atoms with E-state index in [1.165, 1.54) is 12.8 Å². The molecule has 2 rings (SSSR count). The molecule has 4 nitrogen and oxygen atoms in total. The van der Waals surface area contributed by atoms with Gasteiger partial charge >= 0.3 is 0 Å². The van der Waals surface area contributed by atoms with E-state index in [4.69, 9.17) is 4.74 Å². The second-order valence-corrected chi connectivity index (χ2v) is 5.75. The molecule has 5 heteroatoms. The third kappa shape index (κ3) is 4.23. The van der Waals surface area contributed by atoms with E-state index in [2.05, 4.69) is 22.2 Å². The maximum atomic E-state index is 5.65. The summed E-state index contributed by atoms with van der Waals surface area (Å²) in [7, 11) is 0. The predicted molar refractivity (Wildman–Crippen MR) is 73.9 cm³/mol. The van der Waals surface area contributed by atoms with E-state index >= 15 is 0 Å². The molecule has 1 aliphatic heterocycles. The molecule has 100 valence electrons. The number of hydrogen-bond acceptors (Lipinski definition) is 5. The highest BCUT2D eigenvalue weighted by molar-refractivity contribution is 7.99. The van der Waals surface area contributed by atoms with Crippen molar-refractivity contribution in [3.63, 3.8) is 0 Å². The summed E-state index contributed by atoms with van der Waals surface area (Å²) in [6.07, 6.45) is 6.49. The number of nitrogens with one attached hydrogen (secondary N) is 1. The van der Waals surface area contributed by atoms with E-state index in [0.29, 0.717) is 12.1 Å². The quantitative estimate of drug-likeness (QED) is 0.485. The van der Waals surface area contributed by atoms with Crippen LogP contribution in [0.25, 0.3) is 0 Å². The number of rotatable bonds is 6. The minimum Gasteiger partial charge on any atom is -0.377 e. The summed E-state index contributed by atoms with van der Waals surface area (Å²) in [6, 6.07) is 0.437. The molecule has 0 aliphatic carbocycles. The molecule has 18 heavy (non-hydrogen) atoms. The molecule has 1 aliphatic rings. The maximum Gasteiger partial charge on any atom is 0.187 e. The van der Waals surface area contributed by atoms with Gasteiger partial charge in [0.15, 0.2) is 5.16 Å². The van der Waals surface area contributed by atoms with E-state index in [-0.39, 0.29) is 0 Å². The van der Waals surface area contributed by atoms with Gasteiger partial charge in [-0.15, -0.1) is 0 Å². The fourth-order valence-electron chi connectivity index (χ4n) is 2.01. The number of thioether (sulfide) groups is 1. The van der Waals surface area contributed by atoms with Crippen molar-refractivity contribution in [3.05, 3.63) is 18.0 Å². The SMILES string of the molecule is Cc1cnc(SCCNC(C)C2CCCO2)nc1. The zero-order chi connectivity index (χ0) is 12.8. The molecular weight excluding hydrogens is 246 g/mol. The Kier molecular flexibility index (Phi) is 5.41. The lowest BCUT2D eigenvalue weighted by Gasteiger charge is -2.19. The average Bonchev–Trinajstić information content (AvgIpc) is 2.90. The lowest BCUT2D eigenvalue weighted by atomic mass is 10.1. The molecule has 0 radical (unpaired) electrons. The van der Waals surface area contributed by atoms with Crippen molar-refractivity contribution in [1.82, 2.24) is 15.3 Å². The topological polar surface area (TPSA) is 47.0 Å². The third-order valence-corrected chi connectivity index (χ3v) is 3.96. The summed E-state index contributed by atoms with van der Waals surface area (Å²) in [5.74, 6) is 0.986. The minimum absolute atomic E-state index is 0.394. The molecule has 1 aromatic rings. The summed E-state index contributed by atoms with van der Waals surface area (Å²) in [6.45, 7) is 6.08. The monoisotopic (exact) mass is 267 g/mol. The molecule has 0 saturated carbocycles. The Morgan fingerprint density at radius 3 is 2.94 bits per heavy atom. The first kappa shape index (κ1) is 13.8. The van der Waals surface area contributed by atoms with Crippen LogP contribution < -0.4 is 5.32 Å². The van der Waals surface area contributed by atoms with Crippen LogP contribution in [0.3, 0.4) is 0 Å². The number of aromatic nitrogens is 2. The van der Waals surface area contributed by atoms with E-state index in [9.17, 15) is 0 Å². The average molecular weight is 267 g/mol. The minimum atomic E-state index is 0.394. The van der Waals surface area contributed by atoms with Crippen molar-refractivity contribution in [1.29, 1.82) is 0 Å². The van der Waals surface area contributed by atoms with Crippen molar-refractivity contribution in [3.8, 4) is 0 Å². The molecule has 1 fully saturated rings. The normalized spacial score (nSPS) is 21.1. The smallest absolute Gasteiger partial charge is 0.187 e. The van der Waals surface area contributed by atoms with Gasteiger partial charge in [-0.1, -0.05) is 11.8 Å². The van der Waals surface area contributed by atoms with Crippen LogP contribution in [0.1, 0.15) is 25.3 Å². The first-order valence-corrected chi connectivity index (χ1v) is 7.50. The molecule has 2 heterocycles. The Morgan fingerprint density at radius 2 is 2.28 bits per heavy atom. The van der Waals surface area contributed by atoms with E-state index < -0.39 is 0 Å². The van der Waals surface area contributed by atoms with Crippen molar-refractivity contribution in [2.45, 2.75) is 44.0 Å². The van der Waals surface area contributed by atoms with Gasteiger partial charge in [0.1, 0.15) is 0 Å². The largest absolute Gasteiger partial charge is 0.377 e. The van der Waals surface area contributed by atoms with Crippen LogP contribution >= 0.6 is 11.8 Å². The van der Waals surface area contributed by atoms with Gasteiger partial charge in [-0.05, 0) is 32.3 Å². The first-order valence-electron chi connectivity index (χ1n) is 6.52. The maximum absolute atomic E-state index is 5.65.